The smallest absolute Gasteiger partial charge is 0.183 e. The van der Waals surface area contributed by atoms with Crippen molar-refractivity contribution >= 4 is 22.6 Å². The van der Waals surface area contributed by atoms with Gasteiger partial charge in [0.2, 0.25) is 0 Å². The van der Waals surface area contributed by atoms with Crippen molar-refractivity contribution in [3.8, 4) is 11.9 Å². The molecule has 0 radical (unpaired) electrons. The Morgan fingerprint density at radius 1 is 1.47 bits per heavy atom. The Hall–Kier alpha value is -1.71. The fourth-order valence-corrected chi connectivity index (χ4v) is 1.64. The Kier molecular flexibility index (Phi) is 7.47. The Morgan fingerprint density at radius 2 is 2.32 bits per heavy atom. The van der Waals surface area contributed by atoms with Gasteiger partial charge in [0.05, 0.1) is 12.3 Å². The summed E-state index contributed by atoms with van der Waals surface area (Å²) in [4.78, 5) is 4.31. The highest BCUT2D eigenvalue weighted by atomic mass is 32.2. The van der Waals surface area contributed by atoms with Crippen LogP contribution in [0.15, 0.2) is 29.3 Å². The number of hydrogen-bond acceptors (Lipinski definition) is 5. The minimum Gasteiger partial charge on any atom is -0.491 e. The lowest BCUT2D eigenvalue weighted by atomic mass is 10.3. The quantitative estimate of drug-likeness (QED) is 0.285. The van der Waals surface area contributed by atoms with Gasteiger partial charge in [0.1, 0.15) is 12.4 Å². The van der Waals surface area contributed by atoms with Crippen LogP contribution in [0, 0.1) is 11.5 Å². The van der Waals surface area contributed by atoms with Crippen LogP contribution in [0.3, 0.4) is 0 Å². The summed E-state index contributed by atoms with van der Waals surface area (Å²) in [5.41, 5.74) is 0.737. The van der Waals surface area contributed by atoms with E-state index in [0.717, 1.165) is 11.4 Å². The third-order valence-corrected chi connectivity index (χ3v) is 2.69. The first-order valence-corrected chi connectivity index (χ1v) is 7.11. The van der Waals surface area contributed by atoms with Crippen molar-refractivity contribution in [1.82, 2.24) is 5.32 Å². The molecule has 102 valence electrons. The SMILES string of the molecule is CCOCCOc1cccc(N=C(NC#N)SC)c1. The van der Waals surface area contributed by atoms with E-state index in [1.54, 1.807) is 0 Å². The van der Waals surface area contributed by atoms with E-state index in [2.05, 4.69) is 10.3 Å². The van der Waals surface area contributed by atoms with Crippen LogP contribution in [-0.2, 0) is 4.74 Å². The highest BCUT2D eigenvalue weighted by Gasteiger charge is 1.99. The van der Waals surface area contributed by atoms with Crippen molar-refractivity contribution in [2.75, 3.05) is 26.1 Å². The number of ether oxygens (including phenoxy) is 2. The molecule has 0 aliphatic rings. The molecule has 0 fully saturated rings. The predicted molar refractivity (Wildman–Crippen MR) is 77.8 cm³/mol. The molecule has 0 unspecified atom stereocenters. The van der Waals surface area contributed by atoms with Crippen molar-refractivity contribution < 1.29 is 9.47 Å². The zero-order valence-electron chi connectivity index (χ0n) is 11.0. The summed E-state index contributed by atoms with van der Waals surface area (Å²) in [5.74, 6) is 0.735. The summed E-state index contributed by atoms with van der Waals surface area (Å²) in [7, 11) is 0. The van der Waals surface area contributed by atoms with Gasteiger partial charge in [-0.3, -0.25) is 5.32 Å². The number of rotatable bonds is 6. The molecule has 0 bridgehead atoms. The van der Waals surface area contributed by atoms with Gasteiger partial charge in [0.15, 0.2) is 11.4 Å². The summed E-state index contributed by atoms with van der Waals surface area (Å²) in [6, 6.07) is 7.40. The second-order valence-electron chi connectivity index (χ2n) is 3.40. The molecule has 5 nitrogen and oxygen atoms in total. The van der Waals surface area contributed by atoms with Crippen molar-refractivity contribution in [2.45, 2.75) is 6.92 Å². The lowest BCUT2D eigenvalue weighted by molar-refractivity contribution is 0.110. The maximum Gasteiger partial charge on any atom is 0.183 e. The second-order valence-corrected chi connectivity index (χ2v) is 4.20. The first-order chi connectivity index (χ1) is 9.30. The molecule has 1 aromatic rings. The molecule has 1 rings (SSSR count). The van der Waals surface area contributed by atoms with Gasteiger partial charge in [-0.25, -0.2) is 4.99 Å². The standard InChI is InChI=1S/C13H17N3O2S/c1-3-17-7-8-18-12-6-4-5-11(9-12)16-13(19-2)15-10-14/h4-6,9H,3,7-8H2,1-2H3,(H,15,16). The van der Waals surface area contributed by atoms with Crippen LogP contribution in [0.5, 0.6) is 5.75 Å². The zero-order chi connectivity index (χ0) is 13.9. The number of hydrogen-bond donors (Lipinski definition) is 1. The molecule has 0 saturated heterocycles. The molecule has 0 atom stereocenters. The molecule has 0 amide bonds. The Balaban J connectivity index is 2.63. The second kappa shape index (κ2) is 9.25. The normalized spacial score (nSPS) is 10.9. The molecule has 0 aromatic heterocycles. The van der Waals surface area contributed by atoms with E-state index in [1.807, 2.05) is 43.6 Å². The molecule has 1 aromatic carbocycles. The summed E-state index contributed by atoms with van der Waals surface area (Å²) in [6.07, 6.45) is 3.71. The number of nitrogens with zero attached hydrogens (tertiary/aromatic N) is 2. The fourth-order valence-electron chi connectivity index (χ4n) is 1.30. The molecule has 0 saturated carbocycles. The average molecular weight is 279 g/mol. The minimum absolute atomic E-state index is 0.507. The topological polar surface area (TPSA) is 66.6 Å². The molecule has 0 aliphatic heterocycles. The van der Waals surface area contributed by atoms with E-state index in [0.29, 0.717) is 25.0 Å². The lowest BCUT2D eigenvalue weighted by Gasteiger charge is -2.07. The van der Waals surface area contributed by atoms with Crippen molar-refractivity contribution in [3.63, 3.8) is 0 Å². The van der Waals surface area contributed by atoms with Gasteiger partial charge < -0.3 is 9.47 Å². The first kappa shape index (κ1) is 15.3. The number of amidine groups is 1. The molecule has 19 heavy (non-hydrogen) atoms. The zero-order valence-corrected chi connectivity index (χ0v) is 11.9. The molecule has 0 aliphatic carbocycles. The van der Waals surface area contributed by atoms with E-state index < -0.39 is 0 Å². The number of thioether (sulfide) groups is 1. The maximum absolute atomic E-state index is 8.57. The lowest BCUT2D eigenvalue weighted by Crippen LogP contribution is -2.12. The van der Waals surface area contributed by atoms with E-state index in [9.17, 15) is 0 Å². The van der Waals surface area contributed by atoms with Crippen LogP contribution in [0.4, 0.5) is 5.69 Å². The van der Waals surface area contributed by atoms with Crippen LogP contribution >= 0.6 is 11.8 Å². The van der Waals surface area contributed by atoms with Gasteiger partial charge in [-0.05, 0) is 25.3 Å². The van der Waals surface area contributed by atoms with E-state index in [4.69, 9.17) is 14.7 Å². The molecule has 0 spiro atoms. The molecule has 1 N–H and O–H groups in total. The van der Waals surface area contributed by atoms with Gasteiger partial charge in [-0.2, -0.15) is 5.26 Å². The highest BCUT2D eigenvalue weighted by Crippen LogP contribution is 2.20. The predicted octanol–water partition coefficient (Wildman–Crippen LogP) is 2.52. The number of aliphatic imine (C=N–C) groups is 1. The number of benzene rings is 1. The molecule has 0 heterocycles. The van der Waals surface area contributed by atoms with E-state index in [-0.39, 0.29) is 0 Å². The Morgan fingerprint density at radius 3 is 3.00 bits per heavy atom. The van der Waals surface area contributed by atoms with Gasteiger partial charge in [-0.15, -0.1) is 0 Å². The minimum atomic E-state index is 0.507. The summed E-state index contributed by atoms with van der Waals surface area (Å²) in [6.45, 7) is 3.70. The van der Waals surface area contributed by atoms with Crippen molar-refractivity contribution in [3.05, 3.63) is 24.3 Å². The van der Waals surface area contributed by atoms with Crippen LogP contribution < -0.4 is 10.1 Å². The fraction of sp³-hybridized carbons (Fsp3) is 0.385. The van der Waals surface area contributed by atoms with Crippen LogP contribution in [0.2, 0.25) is 0 Å². The number of nitriles is 1. The maximum atomic E-state index is 8.57. The monoisotopic (exact) mass is 279 g/mol. The van der Waals surface area contributed by atoms with Crippen LogP contribution in [-0.4, -0.2) is 31.2 Å². The summed E-state index contributed by atoms with van der Waals surface area (Å²) >= 11 is 1.38. The Bertz CT molecular complexity index is 457. The summed E-state index contributed by atoms with van der Waals surface area (Å²) in [5, 5.41) is 11.6. The van der Waals surface area contributed by atoms with Crippen LogP contribution in [0.25, 0.3) is 0 Å². The van der Waals surface area contributed by atoms with Crippen molar-refractivity contribution in [2.24, 2.45) is 4.99 Å². The van der Waals surface area contributed by atoms with Crippen molar-refractivity contribution in [1.29, 1.82) is 5.26 Å². The highest BCUT2D eigenvalue weighted by molar-refractivity contribution is 8.13. The van der Waals surface area contributed by atoms with Gasteiger partial charge >= 0.3 is 0 Å². The van der Waals surface area contributed by atoms with Gasteiger partial charge in [0.25, 0.3) is 0 Å². The molecular weight excluding hydrogens is 262 g/mol. The summed E-state index contributed by atoms with van der Waals surface area (Å²) < 4.78 is 10.7. The molecular formula is C13H17N3O2S. The van der Waals surface area contributed by atoms with Gasteiger partial charge in [0, 0.05) is 12.7 Å². The average Bonchev–Trinajstić information content (AvgIpc) is 2.43. The largest absolute Gasteiger partial charge is 0.491 e. The Labute approximate surface area is 117 Å². The molecule has 6 heteroatoms. The first-order valence-electron chi connectivity index (χ1n) is 5.88. The van der Waals surface area contributed by atoms with Crippen LogP contribution in [0.1, 0.15) is 6.92 Å². The number of nitrogens with one attached hydrogen (secondary N) is 1. The third kappa shape index (κ3) is 6.13. The third-order valence-electron chi connectivity index (χ3n) is 2.10. The van der Waals surface area contributed by atoms with E-state index >= 15 is 0 Å². The van der Waals surface area contributed by atoms with E-state index in [1.165, 1.54) is 11.8 Å². The van der Waals surface area contributed by atoms with Gasteiger partial charge in [-0.1, -0.05) is 17.8 Å².